The molecule has 33 heavy (non-hydrogen) atoms. The summed E-state index contributed by atoms with van der Waals surface area (Å²) < 4.78 is 13.0. The summed E-state index contributed by atoms with van der Waals surface area (Å²) in [6, 6.07) is 17.3. The van der Waals surface area contributed by atoms with Crippen molar-refractivity contribution in [1.82, 2.24) is 0 Å². The predicted octanol–water partition coefficient (Wildman–Crippen LogP) is 4.67. The molecular weight excluding hydrogens is 454 g/mol. The summed E-state index contributed by atoms with van der Waals surface area (Å²) in [5.41, 5.74) is -1.73. The van der Waals surface area contributed by atoms with Crippen LogP contribution in [0.4, 0.5) is 0 Å². The molecule has 3 aliphatic heterocycles. The zero-order chi connectivity index (χ0) is 22.7. The Morgan fingerprint density at radius 3 is 2.27 bits per heavy atom. The van der Waals surface area contributed by atoms with Gasteiger partial charge in [0, 0.05) is 25.2 Å². The van der Waals surface area contributed by atoms with Gasteiger partial charge in [-0.3, -0.25) is 0 Å². The van der Waals surface area contributed by atoms with Crippen LogP contribution >= 0.6 is 22.7 Å². The molecule has 1 aromatic carbocycles. The lowest BCUT2D eigenvalue weighted by molar-refractivity contribution is -0.946. The molecule has 5 heterocycles. The Balaban J connectivity index is 1.24. The first kappa shape index (κ1) is 22.6. The summed E-state index contributed by atoms with van der Waals surface area (Å²) in [4.78, 5) is 14.7. The molecule has 2 bridgehead atoms. The van der Waals surface area contributed by atoms with Crippen molar-refractivity contribution >= 4 is 28.6 Å². The van der Waals surface area contributed by atoms with Gasteiger partial charge in [0.15, 0.2) is 6.10 Å². The predicted molar refractivity (Wildman–Crippen MR) is 131 cm³/mol. The summed E-state index contributed by atoms with van der Waals surface area (Å²) in [6.07, 6.45) is 2.94. The lowest BCUT2D eigenvalue weighted by Gasteiger charge is -2.52. The van der Waals surface area contributed by atoms with Crippen molar-refractivity contribution in [2.45, 2.75) is 31.0 Å². The molecule has 0 aliphatic carbocycles. The zero-order valence-electron chi connectivity index (χ0n) is 18.6. The number of quaternary nitrogens is 1. The van der Waals surface area contributed by atoms with Crippen LogP contribution in [0.3, 0.4) is 0 Å². The maximum atomic E-state index is 13.4. The fraction of sp³-hybridized carbons (Fsp3) is 0.423. The van der Waals surface area contributed by atoms with Gasteiger partial charge in [0.05, 0.1) is 36.0 Å². The van der Waals surface area contributed by atoms with E-state index in [4.69, 9.17) is 9.47 Å². The number of aliphatic hydroxyl groups is 1. The van der Waals surface area contributed by atoms with Crippen LogP contribution in [-0.2, 0) is 15.1 Å². The number of para-hydroxylation sites is 1. The molecule has 1 atom stereocenters. The van der Waals surface area contributed by atoms with Gasteiger partial charge >= 0.3 is 5.97 Å². The lowest BCUT2D eigenvalue weighted by atomic mass is 9.83. The molecule has 0 unspecified atom stereocenters. The number of piperidine rings is 3. The average molecular weight is 485 g/mol. The Bertz CT molecular complexity index is 993. The first-order valence-electron chi connectivity index (χ1n) is 11.6. The smallest absolute Gasteiger partial charge is 0.349 e. The van der Waals surface area contributed by atoms with E-state index in [-0.39, 0.29) is 6.10 Å². The van der Waals surface area contributed by atoms with Crippen LogP contribution in [0.15, 0.2) is 65.4 Å². The minimum absolute atomic E-state index is 0.151. The van der Waals surface area contributed by atoms with Gasteiger partial charge in [-0.05, 0) is 35.0 Å². The molecule has 0 amide bonds. The number of esters is 1. The number of hydrogen-bond acceptors (Lipinski definition) is 6. The number of ether oxygens (including phenoxy) is 2. The van der Waals surface area contributed by atoms with Gasteiger partial charge in [0.1, 0.15) is 12.3 Å². The molecule has 3 aliphatic rings. The molecule has 174 valence electrons. The molecule has 0 spiro atoms. The Hall–Kier alpha value is -2.19. The monoisotopic (exact) mass is 484 g/mol. The number of benzene rings is 1. The van der Waals surface area contributed by atoms with E-state index in [1.54, 1.807) is 0 Å². The van der Waals surface area contributed by atoms with Crippen molar-refractivity contribution in [3.8, 4) is 5.75 Å². The molecule has 3 aromatic rings. The Labute approximate surface area is 202 Å². The summed E-state index contributed by atoms with van der Waals surface area (Å²) in [5.74, 6) is 0.741. The first-order valence-corrected chi connectivity index (χ1v) is 13.4. The van der Waals surface area contributed by atoms with E-state index in [1.165, 1.54) is 22.7 Å². The lowest BCUT2D eigenvalue weighted by Crippen LogP contribution is -2.65. The largest absolute Gasteiger partial charge is 0.493 e. The van der Waals surface area contributed by atoms with E-state index < -0.39 is 11.6 Å². The zero-order valence-corrected chi connectivity index (χ0v) is 20.2. The number of rotatable bonds is 9. The van der Waals surface area contributed by atoms with Crippen LogP contribution in [0.2, 0.25) is 0 Å². The highest BCUT2D eigenvalue weighted by atomic mass is 32.1. The average Bonchev–Trinajstić information content (AvgIpc) is 3.58. The van der Waals surface area contributed by atoms with Crippen molar-refractivity contribution in [3.05, 3.63) is 75.1 Å². The third-order valence-corrected chi connectivity index (χ3v) is 9.10. The molecule has 0 saturated carbocycles. The number of thiophene rings is 2. The second kappa shape index (κ2) is 9.58. The SMILES string of the molecule is O=C(O[C@@H]1C[N+]2(CCCOc3ccccc3)CCC1CC2)C(O)(c1cccs1)c1cccs1. The molecule has 3 saturated heterocycles. The minimum Gasteiger partial charge on any atom is -0.493 e. The summed E-state index contributed by atoms with van der Waals surface area (Å²) in [6.45, 7) is 4.79. The fourth-order valence-corrected chi connectivity index (χ4v) is 7.00. The van der Waals surface area contributed by atoms with Crippen LogP contribution in [0.25, 0.3) is 0 Å². The topological polar surface area (TPSA) is 55.8 Å². The molecular formula is C26H30NO4S2+. The van der Waals surface area contributed by atoms with Gasteiger partial charge in [0.25, 0.3) is 0 Å². The molecule has 2 aromatic heterocycles. The van der Waals surface area contributed by atoms with E-state index in [9.17, 15) is 9.90 Å². The van der Waals surface area contributed by atoms with Gasteiger partial charge in [-0.25, -0.2) is 4.79 Å². The van der Waals surface area contributed by atoms with E-state index in [2.05, 4.69) is 0 Å². The second-order valence-electron chi connectivity index (χ2n) is 9.16. The fourth-order valence-electron chi connectivity index (χ4n) is 5.29. The van der Waals surface area contributed by atoms with E-state index in [0.717, 1.165) is 55.7 Å². The summed E-state index contributed by atoms with van der Waals surface area (Å²) in [5, 5.41) is 15.3. The van der Waals surface area contributed by atoms with E-state index in [1.807, 2.05) is 65.4 Å². The van der Waals surface area contributed by atoms with Crippen LogP contribution in [0.5, 0.6) is 5.75 Å². The summed E-state index contributed by atoms with van der Waals surface area (Å²) >= 11 is 2.77. The van der Waals surface area contributed by atoms with Crippen LogP contribution in [0, 0.1) is 5.92 Å². The molecule has 6 rings (SSSR count). The first-order chi connectivity index (χ1) is 16.1. The second-order valence-corrected chi connectivity index (χ2v) is 11.1. The number of fused-ring (bicyclic) bond motifs is 3. The Morgan fingerprint density at radius 1 is 1.00 bits per heavy atom. The molecule has 5 nitrogen and oxygen atoms in total. The highest BCUT2D eigenvalue weighted by Gasteiger charge is 2.51. The number of carbonyl (C=O) groups is 1. The highest BCUT2D eigenvalue weighted by molar-refractivity contribution is 7.12. The maximum Gasteiger partial charge on any atom is 0.349 e. The van der Waals surface area contributed by atoms with Gasteiger partial charge < -0.3 is 19.1 Å². The Morgan fingerprint density at radius 2 is 1.67 bits per heavy atom. The van der Waals surface area contributed by atoms with Gasteiger partial charge in [-0.2, -0.15) is 0 Å². The quantitative estimate of drug-likeness (QED) is 0.273. The van der Waals surface area contributed by atoms with Crippen LogP contribution in [0.1, 0.15) is 29.0 Å². The van der Waals surface area contributed by atoms with Crippen LogP contribution in [-0.4, -0.2) is 54.4 Å². The molecule has 1 N–H and O–H groups in total. The van der Waals surface area contributed by atoms with Crippen molar-refractivity contribution in [3.63, 3.8) is 0 Å². The molecule has 7 heteroatoms. The number of hydrogen-bond donors (Lipinski definition) is 1. The van der Waals surface area contributed by atoms with Crippen molar-refractivity contribution in [1.29, 1.82) is 0 Å². The van der Waals surface area contributed by atoms with Gasteiger partial charge in [-0.15, -0.1) is 22.7 Å². The molecule has 3 fully saturated rings. The van der Waals surface area contributed by atoms with Gasteiger partial charge in [0.2, 0.25) is 5.60 Å². The normalized spacial score (nSPS) is 24.5. The van der Waals surface area contributed by atoms with Crippen molar-refractivity contribution in [2.24, 2.45) is 5.92 Å². The van der Waals surface area contributed by atoms with E-state index >= 15 is 0 Å². The number of carbonyl (C=O) groups excluding carboxylic acids is 1. The Kier molecular flexibility index (Phi) is 6.56. The number of nitrogens with zero attached hydrogens (tertiary/aromatic N) is 1. The third kappa shape index (κ3) is 4.60. The molecule has 0 radical (unpaired) electrons. The maximum absolute atomic E-state index is 13.4. The van der Waals surface area contributed by atoms with Crippen molar-refractivity contribution in [2.75, 3.05) is 32.8 Å². The standard InChI is InChI=1S/C26H30NO4S2/c28-25(26(29,23-9-4-17-32-23)24-10-5-18-33-24)31-22-19-27(14-11-20(22)12-15-27)13-6-16-30-21-7-2-1-3-8-21/h1-5,7-10,17-18,20,22,29H,6,11-16,19H2/q+1/t20?,22-,27?/m1/s1. The van der Waals surface area contributed by atoms with Crippen molar-refractivity contribution < 1.29 is 23.9 Å². The highest BCUT2D eigenvalue weighted by Crippen LogP contribution is 2.40. The minimum atomic E-state index is -1.73. The summed E-state index contributed by atoms with van der Waals surface area (Å²) in [7, 11) is 0. The van der Waals surface area contributed by atoms with E-state index in [0.29, 0.717) is 22.3 Å². The van der Waals surface area contributed by atoms with Gasteiger partial charge in [-0.1, -0.05) is 30.3 Å². The van der Waals surface area contributed by atoms with Crippen LogP contribution < -0.4 is 4.74 Å². The third-order valence-electron chi connectivity index (χ3n) is 7.14.